The van der Waals surface area contributed by atoms with Crippen LogP contribution in [0.15, 0.2) is 0 Å². The molecule has 6 N–H and O–H groups in total. The van der Waals surface area contributed by atoms with Crippen molar-refractivity contribution in [3.8, 4) is 0 Å². The smallest absolute Gasteiger partial charge is 0.370 e. The van der Waals surface area contributed by atoms with Gasteiger partial charge in [0, 0.05) is 0 Å². The molecule has 0 saturated carbocycles. The van der Waals surface area contributed by atoms with E-state index < -0.39 is 31.8 Å². The SMILES string of the molecule is CC(C)[C@H](N)C(=O)OP(N)(=O)OC(=O)[C@@H](N)C(C)C. The fourth-order valence-corrected chi connectivity index (χ4v) is 1.72. The molecule has 0 aromatic carbocycles. The number of carbonyl (C=O) groups excluding carboxylic acids is 2. The highest BCUT2D eigenvalue weighted by molar-refractivity contribution is 7.52. The van der Waals surface area contributed by atoms with Crippen molar-refractivity contribution in [3.63, 3.8) is 0 Å². The molecule has 0 saturated heterocycles. The molecule has 19 heavy (non-hydrogen) atoms. The molecule has 0 amide bonds. The lowest BCUT2D eigenvalue weighted by atomic mass is 10.1. The Hall–Kier alpha value is -0.950. The van der Waals surface area contributed by atoms with Crippen LogP contribution in [0.3, 0.4) is 0 Å². The van der Waals surface area contributed by atoms with Gasteiger partial charge in [-0.3, -0.25) is 0 Å². The minimum absolute atomic E-state index is 0.235. The van der Waals surface area contributed by atoms with Crippen molar-refractivity contribution in [3.05, 3.63) is 0 Å². The third-order valence-corrected chi connectivity index (χ3v) is 3.28. The molecule has 0 radical (unpaired) electrons. The zero-order valence-corrected chi connectivity index (χ0v) is 12.4. The van der Waals surface area contributed by atoms with E-state index in [1.165, 1.54) is 0 Å². The van der Waals surface area contributed by atoms with Crippen LogP contribution >= 0.6 is 7.75 Å². The van der Waals surface area contributed by atoms with E-state index in [-0.39, 0.29) is 11.8 Å². The van der Waals surface area contributed by atoms with Gasteiger partial charge in [0.05, 0.1) is 0 Å². The molecule has 112 valence electrons. The van der Waals surface area contributed by atoms with Gasteiger partial charge in [0.2, 0.25) is 0 Å². The van der Waals surface area contributed by atoms with Gasteiger partial charge in [0.1, 0.15) is 12.1 Å². The van der Waals surface area contributed by atoms with Gasteiger partial charge in [-0.25, -0.2) is 19.7 Å². The monoisotopic (exact) mass is 295 g/mol. The van der Waals surface area contributed by atoms with Crippen LogP contribution in [0.2, 0.25) is 0 Å². The van der Waals surface area contributed by atoms with Crippen molar-refractivity contribution >= 4 is 19.7 Å². The summed E-state index contributed by atoms with van der Waals surface area (Å²) in [6.45, 7) is 6.70. The Balaban J connectivity index is 4.61. The Bertz CT molecular complexity index is 353. The Kier molecular flexibility index (Phi) is 6.65. The summed E-state index contributed by atoms with van der Waals surface area (Å²) in [7, 11) is -4.35. The average molecular weight is 295 g/mol. The quantitative estimate of drug-likeness (QED) is 0.584. The summed E-state index contributed by atoms with van der Waals surface area (Å²) in [6, 6.07) is -2.01. The molecule has 0 aliphatic rings. The number of hydrogen-bond acceptors (Lipinski definition) is 7. The lowest BCUT2D eigenvalue weighted by Gasteiger charge is -2.20. The van der Waals surface area contributed by atoms with Crippen LogP contribution in [0.25, 0.3) is 0 Å². The summed E-state index contributed by atoms with van der Waals surface area (Å²) in [4.78, 5) is 22.9. The largest absolute Gasteiger partial charge is 0.514 e. The Morgan fingerprint density at radius 2 is 1.16 bits per heavy atom. The number of nitrogens with two attached hydrogens (primary N) is 3. The van der Waals surface area contributed by atoms with Crippen molar-refractivity contribution in [2.75, 3.05) is 0 Å². The third-order valence-electron chi connectivity index (χ3n) is 2.42. The van der Waals surface area contributed by atoms with Crippen LogP contribution in [-0.4, -0.2) is 24.0 Å². The maximum absolute atomic E-state index is 11.7. The molecule has 0 unspecified atom stereocenters. The van der Waals surface area contributed by atoms with Crippen LogP contribution in [0.4, 0.5) is 0 Å². The first-order chi connectivity index (χ1) is 8.48. The fourth-order valence-electron chi connectivity index (χ4n) is 0.935. The van der Waals surface area contributed by atoms with Gasteiger partial charge >= 0.3 is 19.7 Å². The number of hydrogen-bond donors (Lipinski definition) is 3. The molecule has 2 atom stereocenters. The van der Waals surface area contributed by atoms with Crippen LogP contribution in [-0.2, 0) is 23.2 Å². The lowest BCUT2D eigenvalue weighted by Crippen LogP contribution is -2.39. The van der Waals surface area contributed by atoms with E-state index in [1.54, 1.807) is 27.7 Å². The van der Waals surface area contributed by atoms with E-state index in [1.807, 2.05) is 0 Å². The summed E-state index contributed by atoms with van der Waals surface area (Å²) in [6.07, 6.45) is 0. The van der Waals surface area contributed by atoms with Crippen LogP contribution < -0.4 is 17.0 Å². The topological polar surface area (TPSA) is 148 Å². The van der Waals surface area contributed by atoms with Crippen LogP contribution in [0.5, 0.6) is 0 Å². The minimum Gasteiger partial charge on any atom is -0.370 e. The Labute approximate surface area is 112 Å². The predicted molar refractivity (Wildman–Crippen MR) is 69.6 cm³/mol. The van der Waals surface area contributed by atoms with Crippen molar-refractivity contribution in [1.29, 1.82) is 0 Å². The van der Waals surface area contributed by atoms with E-state index in [4.69, 9.17) is 17.0 Å². The third kappa shape index (κ3) is 6.15. The molecule has 0 heterocycles. The highest BCUT2D eigenvalue weighted by Crippen LogP contribution is 2.40. The van der Waals surface area contributed by atoms with E-state index >= 15 is 0 Å². The molecular weight excluding hydrogens is 273 g/mol. The summed E-state index contributed by atoms with van der Waals surface area (Å²) < 4.78 is 20.5. The van der Waals surface area contributed by atoms with E-state index in [0.29, 0.717) is 0 Å². The summed E-state index contributed by atoms with van der Waals surface area (Å²) >= 11 is 0. The van der Waals surface area contributed by atoms with Gasteiger partial charge in [0.25, 0.3) is 0 Å². The summed E-state index contributed by atoms with van der Waals surface area (Å²) in [5.74, 6) is -2.46. The first-order valence-electron chi connectivity index (χ1n) is 5.84. The van der Waals surface area contributed by atoms with Gasteiger partial charge in [0.15, 0.2) is 0 Å². The van der Waals surface area contributed by atoms with Gasteiger partial charge in [-0.15, -0.1) is 0 Å². The second kappa shape index (κ2) is 7.00. The summed E-state index contributed by atoms with van der Waals surface area (Å²) in [5, 5.41) is 0. The molecule has 0 rings (SSSR count). The van der Waals surface area contributed by atoms with Gasteiger partial charge in [-0.2, -0.15) is 0 Å². The van der Waals surface area contributed by atoms with E-state index in [9.17, 15) is 14.2 Å². The lowest BCUT2D eigenvalue weighted by molar-refractivity contribution is -0.141. The van der Waals surface area contributed by atoms with Crippen molar-refractivity contribution in [2.45, 2.75) is 39.8 Å². The van der Waals surface area contributed by atoms with Crippen molar-refractivity contribution in [1.82, 2.24) is 0 Å². The van der Waals surface area contributed by atoms with Crippen molar-refractivity contribution in [2.24, 2.45) is 28.8 Å². The van der Waals surface area contributed by atoms with Gasteiger partial charge in [-0.05, 0) is 11.8 Å². The predicted octanol–water partition coefficient (Wildman–Crippen LogP) is 0.106. The van der Waals surface area contributed by atoms with E-state index in [0.717, 1.165) is 0 Å². The molecular formula is C10H22N3O5P. The molecule has 0 aromatic rings. The van der Waals surface area contributed by atoms with Gasteiger partial charge in [-0.1, -0.05) is 27.7 Å². The second-order valence-electron chi connectivity index (χ2n) is 4.90. The highest BCUT2D eigenvalue weighted by atomic mass is 31.2. The molecule has 8 nitrogen and oxygen atoms in total. The van der Waals surface area contributed by atoms with Gasteiger partial charge < -0.3 is 20.5 Å². The maximum Gasteiger partial charge on any atom is 0.514 e. The maximum atomic E-state index is 11.7. The molecule has 0 fully saturated rings. The first kappa shape index (κ1) is 18.0. The fraction of sp³-hybridized carbons (Fsp3) is 0.800. The summed E-state index contributed by atoms with van der Waals surface area (Å²) in [5.41, 5.74) is 16.1. The molecule has 0 bridgehead atoms. The number of rotatable bonds is 6. The van der Waals surface area contributed by atoms with E-state index in [2.05, 4.69) is 9.05 Å². The van der Waals surface area contributed by atoms with Crippen LogP contribution in [0.1, 0.15) is 27.7 Å². The number of carbonyl (C=O) groups is 2. The zero-order valence-electron chi connectivity index (χ0n) is 11.5. The highest BCUT2D eigenvalue weighted by Gasteiger charge is 2.33. The molecule has 0 aromatic heterocycles. The molecule has 0 spiro atoms. The molecule has 9 heteroatoms. The Morgan fingerprint density at radius 1 is 0.895 bits per heavy atom. The Morgan fingerprint density at radius 3 is 1.37 bits per heavy atom. The normalized spacial score (nSPS) is 15.2. The first-order valence-corrected chi connectivity index (χ1v) is 7.45. The molecule has 0 aliphatic heterocycles. The van der Waals surface area contributed by atoms with Crippen LogP contribution in [0, 0.1) is 11.8 Å². The minimum atomic E-state index is -4.35. The standard InChI is InChI=1S/C10H22N3O5P/c1-5(2)7(11)9(14)17-19(13,16)18-10(15)8(12)6(3)4/h5-8H,11-12H2,1-4H3,(H2,13,16)/t7-,8-/m0/s1. The second-order valence-corrected chi connectivity index (χ2v) is 6.34. The van der Waals surface area contributed by atoms with Crippen molar-refractivity contribution < 1.29 is 23.2 Å². The zero-order chi connectivity index (χ0) is 15.4. The molecule has 0 aliphatic carbocycles. The average Bonchev–Trinajstić information content (AvgIpc) is 2.24.